The molecular formula is C10H12BrNO. The van der Waals surface area contributed by atoms with Gasteiger partial charge in [-0.3, -0.25) is 0 Å². The number of benzene rings is 1. The zero-order chi connectivity index (χ0) is 9.26. The second-order valence-electron chi connectivity index (χ2n) is 3.34. The number of hydrogen-bond acceptors (Lipinski definition) is 2. The predicted molar refractivity (Wildman–Crippen MR) is 57.2 cm³/mol. The van der Waals surface area contributed by atoms with Crippen molar-refractivity contribution < 1.29 is 5.11 Å². The van der Waals surface area contributed by atoms with E-state index in [1.165, 1.54) is 18.4 Å². The molecule has 0 fully saturated rings. The highest BCUT2D eigenvalue weighted by atomic mass is 79.9. The number of halogens is 1. The highest BCUT2D eigenvalue weighted by molar-refractivity contribution is 9.10. The Morgan fingerprint density at radius 2 is 2.15 bits per heavy atom. The summed E-state index contributed by atoms with van der Waals surface area (Å²) in [5.74, 6) is 0.313. The van der Waals surface area contributed by atoms with Gasteiger partial charge in [-0.2, -0.15) is 0 Å². The van der Waals surface area contributed by atoms with Crippen molar-refractivity contribution in [2.24, 2.45) is 0 Å². The van der Waals surface area contributed by atoms with Gasteiger partial charge in [-0.15, -0.1) is 0 Å². The standard InChI is InChI=1S/C10H12BrNO/c11-8-5-7-3-1-2-4-12-9(7)6-10(8)13/h5-6,12-13H,1-4H2. The van der Waals surface area contributed by atoms with Crippen LogP contribution in [0.3, 0.4) is 0 Å². The highest BCUT2D eigenvalue weighted by Gasteiger charge is 2.09. The molecule has 1 aromatic rings. The van der Waals surface area contributed by atoms with E-state index in [9.17, 15) is 5.11 Å². The van der Waals surface area contributed by atoms with Gasteiger partial charge in [0.15, 0.2) is 0 Å². The first kappa shape index (κ1) is 8.88. The van der Waals surface area contributed by atoms with Crippen LogP contribution in [0, 0.1) is 0 Å². The zero-order valence-electron chi connectivity index (χ0n) is 7.31. The van der Waals surface area contributed by atoms with E-state index in [1.54, 1.807) is 6.07 Å². The van der Waals surface area contributed by atoms with Crippen molar-refractivity contribution in [2.45, 2.75) is 19.3 Å². The summed E-state index contributed by atoms with van der Waals surface area (Å²) in [5, 5.41) is 12.8. The average Bonchev–Trinajstić information content (AvgIpc) is 2.31. The van der Waals surface area contributed by atoms with Crippen molar-refractivity contribution in [2.75, 3.05) is 11.9 Å². The van der Waals surface area contributed by atoms with E-state index < -0.39 is 0 Å². The molecule has 2 rings (SSSR count). The minimum atomic E-state index is 0.313. The van der Waals surface area contributed by atoms with E-state index in [4.69, 9.17) is 0 Å². The van der Waals surface area contributed by atoms with Crippen molar-refractivity contribution in [3.63, 3.8) is 0 Å². The molecule has 1 aliphatic heterocycles. The van der Waals surface area contributed by atoms with Crippen LogP contribution in [0.2, 0.25) is 0 Å². The quantitative estimate of drug-likeness (QED) is 0.733. The lowest BCUT2D eigenvalue weighted by atomic mass is 10.1. The van der Waals surface area contributed by atoms with Crippen molar-refractivity contribution >= 4 is 21.6 Å². The molecule has 0 amide bonds. The van der Waals surface area contributed by atoms with E-state index in [2.05, 4.69) is 21.2 Å². The van der Waals surface area contributed by atoms with Gasteiger partial charge in [0.2, 0.25) is 0 Å². The lowest BCUT2D eigenvalue weighted by molar-refractivity contribution is 0.472. The Bertz CT molecular complexity index is 294. The third kappa shape index (κ3) is 1.80. The van der Waals surface area contributed by atoms with Crippen LogP contribution in [0.25, 0.3) is 0 Å². The molecule has 1 heterocycles. The van der Waals surface area contributed by atoms with Gasteiger partial charge in [0.25, 0.3) is 0 Å². The maximum absolute atomic E-state index is 9.48. The van der Waals surface area contributed by atoms with Crippen LogP contribution >= 0.6 is 15.9 Å². The molecule has 0 spiro atoms. The summed E-state index contributed by atoms with van der Waals surface area (Å²) in [6.45, 7) is 1.01. The van der Waals surface area contributed by atoms with Crippen LogP contribution in [0.15, 0.2) is 16.6 Å². The molecule has 0 bridgehead atoms. The third-order valence-electron chi connectivity index (χ3n) is 2.36. The number of rotatable bonds is 0. The highest BCUT2D eigenvalue weighted by Crippen LogP contribution is 2.32. The van der Waals surface area contributed by atoms with Gasteiger partial charge < -0.3 is 10.4 Å². The summed E-state index contributed by atoms with van der Waals surface area (Å²) in [6, 6.07) is 3.80. The van der Waals surface area contributed by atoms with Crippen LogP contribution < -0.4 is 5.32 Å². The van der Waals surface area contributed by atoms with E-state index in [1.807, 2.05) is 6.07 Å². The van der Waals surface area contributed by atoms with Crippen molar-refractivity contribution in [3.05, 3.63) is 22.2 Å². The molecule has 0 unspecified atom stereocenters. The fourth-order valence-electron chi connectivity index (χ4n) is 1.64. The molecule has 0 aliphatic carbocycles. The van der Waals surface area contributed by atoms with E-state index in [0.717, 1.165) is 23.1 Å². The fourth-order valence-corrected chi connectivity index (χ4v) is 2.03. The molecule has 2 nitrogen and oxygen atoms in total. The van der Waals surface area contributed by atoms with Gasteiger partial charge in [0.1, 0.15) is 5.75 Å². The second-order valence-corrected chi connectivity index (χ2v) is 4.20. The van der Waals surface area contributed by atoms with E-state index >= 15 is 0 Å². The van der Waals surface area contributed by atoms with Crippen LogP contribution in [-0.2, 0) is 6.42 Å². The number of aryl methyl sites for hydroxylation is 1. The Morgan fingerprint density at radius 3 is 3.00 bits per heavy atom. The Kier molecular flexibility index (Phi) is 2.44. The van der Waals surface area contributed by atoms with Gasteiger partial charge in [-0.1, -0.05) is 0 Å². The molecule has 0 aromatic heterocycles. The van der Waals surface area contributed by atoms with Gasteiger partial charge in [0.05, 0.1) is 4.47 Å². The minimum Gasteiger partial charge on any atom is -0.507 e. The van der Waals surface area contributed by atoms with E-state index in [0.29, 0.717) is 5.75 Å². The molecule has 2 N–H and O–H groups in total. The molecule has 0 atom stereocenters. The molecule has 3 heteroatoms. The van der Waals surface area contributed by atoms with Gasteiger partial charge in [0, 0.05) is 18.3 Å². The first-order chi connectivity index (χ1) is 6.27. The normalized spacial score (nSPS) is 15.8. The summed E-state index contributed by atoms with van der Waals surface area (Å²) in [6.07, 6.45) is 3.52. The number of fused-ring (bicyclic) bond motifs is 1. The fraction of sp³-hybridized carbons (Fsp3) is 0.400. The van der Waals surface area contributed by atoms with Gasteiger partial charge in [-0.25, -0.2) is 0 Å². The van der Waals surface area contributed by atoms with Gasteiger partial charge in [-0.05, 0) is 46.8 Å². The summed E-state index contributed by atoms with van der Waals surface area (Å²) in [4.78, 5) is 0. The molecule has 1 aliphatic rings. The largest absolute Gasteiger partial charge is 0.507 e. The topological polar surface area (TPSA) is 32.3 Å². The lowest BCUT2D eigenvalue weighted by Gasteiger charge is -2.08. The summed E-state index contributed by atoms with van der Waals surface area (Å²) in [7, 11) is 0. The number of phenols is 1. The maximum Gasteiger partial charge on any atom is 0.131 e. The van der Waals surface area contributed by atoms with Crippen LogP contribution in [0.1, 0.15) is 18.4 Å². The summed E-state index contributed by atoms with van der Waals surface area (Å²) < 4.78 is 0.787. The first-order valence-corrected chi connectivity index (χ1v) is 5.32. The number of nitrogens with one attached hydrogen (secondary N) is 1. The van der Waals surface area contributed by atoms with Crippen molar-refractivity contribution in [3.8, 4) is 5.75 Å². The van der Waals surface area contributed by atoms with Crippen molar-refractivity contribution in [1.82, 2.24) is 0 Å². The molecule has 0 saturated carbocycles. The van der Waals surface area contributed by atoms with Crippen LogP contribution in [-0.4, -0.2) is 11.7 Å². The average molecular weight is 242 g/mol. The number of anilines is 1. The number of aromatic hydroxyl groups is 1. The number of phenolic OH excluding ortho intramolecular Hbond substituents is 1. The molecule has 70 valence electrons. The van der Waals surface area contributed by atoms with Gasteiger partial charge >= 0.3 is 0 Å². The Labute approximate surface area is 86.1 Å². The van der Waals surface area contributed by atoms with E-state index in [-0.39, 0.29) is 0 Å². The Hall–Kier alpha value is -0.700. The van der Waals surface area contributed by atoms with Crippen LogP contribution in [0.5, 0.6) is 5.75 Å². The lowest BCUT2D eigenvalue weighted by Crippen LogP contribution is -1.99. The minimum absolute atomic E-state index is 0.313. The SMILES string of the molecule is Oc1cc2c(cc1Br)CCCCN2. The summed E-state index contributed by atoms with van der Waals surface area (Å²) >= 11 is 3.32. The third-order valence-corrected chi connectivity index (χ3v) is 3.00. The first-order valence-electron chi connectivity index (χ1n) is 4.52. The second kappa shape index (κ2) is 3.58. The summed E-state index contributed by atoms with van der Waals surface area (Å²) in [5.41, 5.74) is 2.38. The molecule has 1 aromatic carbocycles. The molecular weight excluding hydrogens is 230 g/mol. The maximum atomic E-state index is 9.48. The monoisotopic (exact) mass is 241 g/mol. The van der Waals surface area contributed by atoms with Crippen LogP contribution in [0.4, 0.5) is 5.69 Å². The predicted octanol–water partition coefficient (Wildman–Crippen LogP) is 2.90. The Morgan fingerprint density at radius 1 is 1.31 bits per heavy atom. The smallest absolute Gasteiger partial charge is 0.131 e. The zero-order valence-corrected chi connectivity index (χ0v) is 8.89. The number of hydrogen-bond donors (Lipinski definition) is 2. The molecule has 13 heavy (non-hydrogen) atoms. The molecule has 0 saturated heterocycles. The Balaban J connectivity index is 2.43. The van der Waals surface area contributed by atoms with Crippen molar-refractivity contribution in [1.29, 1.82) is 0 Å². The molecule has 0 radical (unpaired) electrons.